The molecular formula is C22H21N5O3S. The van der Waals surface area contributed by atoms with Gasteiger partial charge in [-0.1, -0.05) is 22.7 Å². The molecule has 5 rings (SSSR count). The van der Waals surface area contributed by atoms with Gasteiger partial charge in [-0.2, -0.15) is 0 Å². The van der Waals surface area contributed by atoms with E-state index in [-0.39, 0.29) is 12.0 Å². The molecular weight excluding hydrogens is 414 g/mol. The van der Waals surface area contributed by atoms with Gasteiger partial charge in [0, 0.05) is 12.7 Å². The molecule has 1 amide bonds. The highest BCUT2D eigenvalue weighted by molar-refractivity contribution is 7.05. The van der Waals surface area contributed by atoms with Crippen LogP contribution in [-0.2, 0) is 4.74 Å². The van der Waals surface area contributed by atoms with Crippen LogP contribution in [-0.4, -0.2) is 56.6 Å². The number of methoxy groups -OCH3 is 1. The number of benzene rings is 1. The molecule has 1 aliphatic rings. The van der Waals surface area contributed by atoms with E-state index in [4.69, 9.17) is 9.47 Å². The predicted molar refractivity (Wildman–Crippen MR) is 116 cm³/mol. The first-order valence-corrected chi connectivity index (χ1v) is 10.7. The molecule has 158 valence electrons. The molecule has 9 heteroatoms. The van der Waals surface area contributed by atoms with Crippen LogP contribution in [0.2, 0.25) is 0 Å². The smallest absolute Gasteiger partial charge is 0.275 e. The lowest BCUT2D eigenvalue weighted by atomic mass is 10.1. The van der Waals surface area contributed by atoms with E-state index in [9.17, 15) is 4.79 Å². The van der Waals surface area contributed by atoms with Crippen molar-refractivity contribution in [1.29, 1.82) is 0 Å². The fraction of sp³-hybridized carbons (Fsp3) is 0.273. The molecule has 8 nitrogen and oxygen atoms in total. The Labute approximate surface area is 183 Å². The fourth-order valence-corrected chi connectivity index (χ4v) is 4.26. The molecule has 0 unspecified atom stereocenters. The van der Waals surface area contributed by atoms with Crippen LogP contribution in [0.3, 0.4) is 0 Å². The van der Waals surface area contributed by atoms with Gasteiger partial charge in [-0.05, 0) is 47.8 Å². The average Bonchev–Trinajstić information content (AvgIpc) is 3.44. The van der Waals surface area contributed by atoms with Crippen LogP contribution in [0.5, 0.6) is 5.75 Å². The zero-order valence-corrected chi connectivity index (χ0v) is 18.0. The minimum absolute atomic E-state index is 0.107. The Hall–Kier alpha value is -3.30. The number of hydrogen-bond acceptors (Lipinski definition) is 7. The van der Waals surface area contributed by atoms with Crippen molar-refractivity contribution in [1.82, 2.24) is 23.9 Å². The number of carbonyl (C=O) groups is 1. The number of ether oxygens (including phenoxy) is 2. The quantitative estimate of drug-likeness (QED) is 0.489. The van der Waals surface area contributed by atoms with E-state index in [1.165, 1.54) is 11.5 Å². The molecule has 0 saturated carbocycles. The summed E-state index contributed by atoms with van der Waals surface area (Å²) in [6.45, 7) is 3.28. The highest BCUT2D eigenvalue weighted by Gasteiger charge is 2.30. The Bertz CT molecular complexity index is 1230. The molecule has 1 atom stereocenters. The Kier molecular flexibility index (Phi) is 5.13. The van der Waals surface area contributed by atoms with Crippen molar-refractivity contribution in [2.45, 2.75) is 13.0 Å². The van der Waals surface area contributed by atoms with Gasteiger partial charge in [0.15, 0.2) is 5.69 Å². The van der Waals surface area contributed by atoms with Crippen LogP contribution in [0.4, 0.5) is 0 Å². The molecule has 31 heavy (non-hydrogen) atoms. The van der Waals surface area contributed by atoms with Crippen molar-refractivity contribution in [2.24, 2.45) is 0 Å². The normalized spacial score (nSPS) is 16.6. The zero-order valence-electron chi connectivity index (χ0n) is 17.2. The van der Waals surface area contributed by atoms with Gasteiger partial charge >= 0.3 is 0 Å². The molecule has 4 aromatic rings. The first-order chi connectivity index (χ1) is 15.1. The maximum absolute atomic E-state index is 12.8. The Balaban J connectivity index is 1.39. The van der Waals surface area contributed by atoms with E-state index < -0.39 is 0 Å². The number of carbonyl (C=O) groups excluding carboxylic acids is 1. The van der Waals surface area contributed by atoms with Crippen molar-refractivity contribution in [3.63, 3.8) is 0 Å². The summed E-state index contributed by atoms with van der Waals surface area (Å²) in [6.07, 6.45) is 3.54. The number of aromatic nitrogens is 4. The maximum atomic E-state index is 12.8. The standard InChI is InChI=1S/C22H21N5O3S/c1-14-20(24-25-31-14)22(28)26-9-10-30-19(12-26)21-18-8-5-16(11-27(18)13-23-21)15-3-6-17(29-2)7-4-15/h3-8,11,13,19H,9-10,12H2,1-2H3/t19-/m0/s1. The summed E-state index contributed by atoms with van der Waals surface area (Å²) in [5.74, 6) is 0.719. The number of amides is 1. The van der Waals surface area contributed by atoms with Crippen LogP contribution < -0.4 is 4.74 Å². The third-order valence-corrected chi connectivity index (χ3v) is 6.13. The average molecular weight is 436 g/mol. The van der Waals surface area contributed by atoms with E-state index in [0.29, 0.717) is 25.4 Å². The van der Waals surface area contributed by atoms with E-state index in [0.717, 1.165) is 33.0 Å². The lowest BCUT2D eigenvalue weighted by Crippen LogP contribution is -2.42. The highest BCUT2D eigenvalue weighted by Crippen LogP contribution is 2.29. The van der Waals surface area contributed by atoms with Gasteiger partial charge in [0.2, 0.25) is 0 Å². The van der Waals surface area contributed by atoms with Crippen molar-refractivity contribution in [3.05, 3.63) is 65.2 Å². The minimum Gasteiger partial charge on any atom is -0.497 e. The summed E-state index contributed by atoms with van der Waals surface area (Å²) in [5.41, 5.74) is 4.38. The number of pyridine rings is 1. The van der Waals surface area contributed by atoms with Crippen LogP contribution in [0.15, 0.2) is 48.9 Å². The fourth-order valence-electron chi connectivity index (χ4n) is 3.80. The number of fused-ring (bicyclic) bond motifs is 1. The summed E-state index contributed by atoms with van der Waals surface area (Å²) >= 11 is 1.24. The minimum atomic E-state index is -0.290. The first kappa shape index (κ1) is 19.7. The number of aryl methyl sites for hydroxylation is 1. The van der Waals surface area contributed by atoms with Crippen molar-refractivity contribution in [2.75, 3.05) is 26.8 Å². The predicted octanol–water partition coefficient (Wildman–Crippen LogP) is 3.38. The second kappa shape index (κ2) is 8.09. The lowest BCUT2D eigenvalue weighted by molar-refractivity contribution is -0.0241. The van der Waals surface area contributed by atoms with Crippen LogP contribution in [0, 0.1) is 6.92 Å². The van der Waals surface area contributed by atoms with Crippen molar-refractivity contribution < 1.29 is 14.3 Å². The zero-order chi connectivity index (χ0) is 21.4. The SMILES string of the molecule is COc1ccc(-c2ccc3c([C@@H]4CN(C(=O)c5nnsc5C)CCO4)ncn3c2)cc1. The van der Waals surface area contributed by atoms with Gasteiger partial charge in [-0.15, -0.1) is 5.10 Å². The molecule has 3 aromatic heterocycles. The number of hydrogen-bond donors (Lipinski definition) is 0. The van der Waals surface area contributed by atoms with Crippen LogP contribution in [0.25, 0.3) is 16.6 Å². The van der Waals surface area contributed by atoms with E-state index in [1.54, 1.807) is 18.3 Å². The molecule has 1 aliphatic heterocycles. The molecule has 1 aromatic carbocycles. The second-order valence-corrected chi connectivity index (χ2v) is 8.32. The molecule has 1 saturated heterocycles. The Morgan fingerprint density at radius 3 is 2.74 bits per heavy atom. The Morgan fingerprint density at radius 1 is 1.19 bits per heavy atom. The summed E-state index contributed by atoms with van der Waals surface area (Å²) < 4.78 is 17.1. The Morgan fingerprint density at radius 2 is 2.00 bits per heavy atom. The molecule has 0 radical (unpaired) electrons. The topological polar surface area (TPSA) is 81.8 Å². The molecule has 0 N–H and O–H groups in total. The largest absolute Gasteiger partial charge is 0.497 e. The van der Waals surface area contributed by atoms with Gasteiger partial charge in [-0.3, -0.25) is 4.79 Å². The third kappa shape index (κ3) is 3.66. The van der Waals surface area contributed by atoms with E-state index in [2.05, 4.69) is 20.6 Å². The number of nitrogens with zero attached hydrogens (tertiary/aromatic N) is 5. The summed E-state index contributed by atoms with van der Waals surface area (Å²) in [7, 11) is 1.66. The van der Waals surface area contributed by atoms with Gasteiger partial charge < -0.3 is 18.8 Å². The molecule has 1 fully saturated rings. The second-order valence-electron chi connectivity index (χ2n) is 7.36. The molecule has 0 spiro atoms. The van der Waals surface area contributed by atoms with Gasteiger partial charge in [-0.25, -0.2) is 4.98 Å². The number of rotatable bonds is 4. The van der Waals surface area contributed by atoms with Crippen molar-refractivity contribution >= 4 is 23.0 Å². The lowest BCUT2D eigenvalue weighted by Gasteiger charge is -2.32. The van der Waals surface area contributed by atoms with Crippen molar-refractivity contribution in [3.8, 4) is 16.9 Å². The van der Waals surface area contributed by atoms with E-state index in [1.807, 2.05) is 47.9 Å². The molecule has 0 aliphatic carbocycles. The summed E-state index contributed by atoms with van der Waals surface area (Å²) in [4.78, 5) is 20.1. The van der Waals surface area contributed by atoms with E-state index >= 15 is 0 Å². The third-order valence-electron chi connectivity index (χ3n) is 5.50. The molecule has 4 heterocycles. The number of imidazole rings is 1. The summed E-state index contributed by atoms with van der Waals surface area (Å²) in [5, 5.41) is 3.99. The first-order valence-electron chi connectivity index (χ1n) is 9.95. The molecule has 0 bridgehead atoms. The monoisotopic (exact) mass is 435 g/mol. The van der Waals surface area contributed by atoms with Gasteiger partial charge in [0.25, 0.3) is 5.91 Å². The van der Waals surface area contributed by atoms with Gasteiger partial charge in [0.05, 0.1) is 42.7 Å². The van der Waals surface area contributed by atoms with Crippen LogP contribution in [0.1, 0.15) is 27.2 Å². The van der Waals surface area contributed by atoms with Crippen LogP contribution >= 0.6 is 11.5 Å². The summed E-state index contributed by atoms with van der Waals surface area (Å²) in [6, 6.07) is 12.1. The highest BCUT2D eigenvalue weighted by atomic mass is 32.1. The van der Waals surface area contributed by atoms with Gasteiger partial charge in [0.1, 0.15) is 11.9 Å². The number of morpholine rings is 1. The maximum Gasteiger partial charge on any atom is 0.275 e.